The summed E-state index contributed by atoms with van der Waals surface area (Å²) in [7, 11) is 0. The molecule has 0 bridgehead atoms. The van der Waals surface area contributed by atoms with Gasteiger partial charge < -0.3 is 10.2 Å². The molecular formula is C16H16ClFN4O2. The van der Waals surface area contributed by atoms with E-state index in [2.05, 4.69) is 15.6 Å². The van der Waals surface area contributed by atoms with E-state index in [0.717, 1.165) is 17.8 Å². The molecule has 1 aliphatic rings. The molecule has 1 aromatic carbocycles. The Labute approximate surface area is 143 Å². The predicted octanol–water partition coefficient (Wildman–Crippen LogP) is 3.14. The third-order valence-electron chi connectivity index (χ3n) is 3.73. The number of benzene rings is 1. The van der Waals surface area contributed by atoms with Gasteiger partial charge in [-0.1, -0.05) is 16.8 Å². The maximum atomic E-state index is 13.1. The molecule has 0 aliphatic carbocycles. The summed E-state index contributed by atoms with van der Waals surface area (Å²) in [6.45, 7) is 4.63. The van der Waals surface area contributed by atoms with Crippen molar-refractivity contribution in [3.63, 3.8) is 0 Å². The first-order chi connectivity index (χ1) is 11.5. The molecule has 2 aromatic rings. The second-order valence-corrected chi connectivity index (χ2v) is 5.85. The van der Waals surface area contributed by atoms with Crippen molar-refractivity contribution in [1.29, 1.82) is 0 Å². The van der Waals surface area contributed by atoms with Crippen LogP contribution in [0.4, 0.5) is 10.1 Å². The molecule has 3 rings (SSSR count). The molecule has 1 aliphatic heterocycles. The first-order valence-corrected chi connectivity index (χ1v) is 7.88. The predicted molar refractivity (Wildman–Crippen MR) is 88.7 cm³/mol. The number of aryl methyl sites for hydroxylation is 2. The van der Waals surface area contributed by atoms with Gasteiger partial charge in [0.25, 0.3) is 5.91 Å². The van der Waals surface area contributed by atoms with Crippen LogP contribution in [0.2, 0.25) is 5.02 Å². The van der Waals surface area contributed by atoms with Crippen molar-refractivity contribution < 1.29 is 14.0 Å². The van der Waals surface area contributed by atoms with Crippen LogP contribution < -0.4 is 5.32 Å². The first-order valence-electron chi connectivity index (χ1n) is 7.51. The maximum Gasteiger partial charge on any atom is 0.268 e. The zero-order chi connectivity index (χ0) is 17.3. The topological polar surface area (TPSA) is 68.5 Å². The second kappa shape index (κ2) is 6.60. The fourth-order valence-electron chi connectivity index (χ4n) is 2.44. The summed E-state index contributed by atoms with van der Waals surface area (Å²) in [6, 6.07) is 3.98. The normalized spacial score (nSPS) is 16.7. The van der Waals surface area contributed by atoms with Crippen molar-refractivity contribution >= 4 is 28.9 Å². The molecule has 0 saturated carbocycles. The zero-order valence-corrected chi connectivity index (χ0v) is 14.0. The lowest BCUT2D eigenvalue weighted by molar-refractivity contribution is -0.125. The van der Waals surface area contributed by atoms with Crippen molar-refractivity contribution in [1.82, 2.24) is 9.78 Å². The number of hydrogen-bond donors (Lipinski definition) is 1. The Bertz CT molecular complexity index is 818. The Morgan fingerprint density at radius 2 is 2.33 bits per heavy atom. The highest BCUT2D eigenvalue weighted by atomic mass is 35.5. The van der Waals surface area contributed by atoms with Crippen molar-refractivity contribution in [3.05, 3.63) is 46.5 Å². The molecule has 0 fully saturated rings. The monoisotopic (exact) mass is 350 g/mol. The van der Waals surface area contributed by atoms with E-state index >= 15 is 0 Å². The van der Waals surface area contributed by atoms with Gasteiger partial charge in [-0.2, -0.15) is 5.10 Å². The highest BCUT2D eigenvalue weighted by molar-refractivity contribution is 6.31. The van der Waals surface area contributed by atoms with Crippen LogP contribution in [0.5, 0.6) is 0 Å². The second-order valence-electron chi connectivity index (χ2n) is 5.44. The number of oxime groups is 1. The van der Waals surface area contributed by atoms with Crippen LogP contribution in [-0.2, 0) is 16.2 Å². The molecule has 0 radical (unpaired) electrons. The van der Waals surface area contributed by atoms with E-state index in [1.165, 1.54) is 18.2 Å². The molecule has 1 N–H and O–H groups in total. The summed E-state index contributed by atoms with van der Waals surface area (Å²) in [6.07, 6.45) is 1.49. The number of halogens is 2. The number of anilines is 1. The van der Waals surface area contributed by atoms with Gasteiger partial charge in [-0.15, -0.1) is 0 Å². The first kappa shape index (κ1) is 16.4. The molecule has 126 valence electrons. The van der Waals surface area contributed by atoms with Crippen LogP contribution in [-0.4, -0.2) is 27.5 Å². The molecule has 0 spiro atoms. The highest BCUT2D eigenvalue weighted by Gasteiger charge is 2.30. The van der Waals surface area contributed by atoms with E-state index in [1.807, 2.05) is 20.0 Å². The Morgan fingerprint density at radius 3 is 3.00 bits per heavy atom. The summed E-state index contributed by atoms with van der Waals surface area (Å²) in [4.78, 5) is 17.5. The van der Waals surface area contributed by atoms with Gasteiger partial charge in [0.1, 0.15) is 5.82 Å². The average Bonchev–Trinajstić information content (AvgIpc) is 3.17. The molecule has 8 heteroatoms. The van der Waals surface area contributed by atoms with Gasteiger partial charge in [-0.05, 0) is 32.0 Å². The largest absolute Gasteiger partial charge is 0.382 e. The van der Waals surface area contributed by atoms with Gasteiger partial charge in [0.05, 0.1) is 16.4 Å². The van der Waals surface area contributed by atoms with Gasteiger partial charge in [0.2, 0.25) is 6.10 Å². The molecule has 2 heterocycles. The number of hydrogen-bond acceptors (Lipinski definition) is 4. The highest BCUT2D eigenvalue weighted by Crippen LogP contribution is 2.22. The summed E-state index contributed by atoms with van der Waals surface area (Å²) in [5.74, 6) is -0.905. The van der Waals surface area contributed by atoms with Crippen molar-refractivity contribution in [3.8, 4) is 0 Å². The van der Waals surface area contributed by atoms with Crippen LogP contribution in [0.25, 0.3) is 0 Å². The third kappa shape index (κ3) is 3.26. The fraction of sp³-hybridized carbons (Fsp3) is 0.312. The van der Waals surface area contributed by atoms with Gasteiger partial charge in [0.15, 0.2) is 0 Å². The SMILES string of the molecule is CCn1cc(C2=NO[C@@H](C(=O)Nc3ccc(F)c(Cl)c3)C2)c(C)n1. The number of rotatable bonds is 4. The summed E-state index contributed by atoms with van der Waals surface area (Å²) < 4.78 is 15.0. The number of nitrogens with zero attached hydrogens (tertiary/aromatic N) is 3. The van der Waals surface area contributed by atoms with E-state index in [-0.39, 0.29) is 10.9 Å². The Hall–Kier alpha value is -2.41. The summed E-state index contributed by atoms with van der Waals surface area (Å²) in [5, 5.41) is 11.0. The Balaban J connectivity index is 1.66. The van der Waals surface area contributed by atoms with Gasteiger partial charge in [-0.25, -0.2) is 4.39 Å². The van der Waals surface area contributed by atoms with Crippen LogP contribution >= 0.6 is 11.6 Å². The van der Waals surface area contributed by atoms with Gasteiger partial charge in [0, 0.05) is 30.4 Å². The molecule has 0 unspecified atom stereocenters. The minimum atomic E-state index is -0.742. The van der Waals surface area contributed by atoms with E-state index < -0.39 is 11.9 Å². The minimum absolute atomic E-state index is 0.0558. The quantitative estimate of drug-likeness (QED) is 0.921. The van der Waals surface area contributed by atoms with Crippen LogP contribution in [0.15, 0.2) is 29.6 Å². The molecule has 0 saturated heterocycles. The van der Waals surface area contributed by atoms with Crippen LogP contribution in [0.1, 0.15) is 24.6 Å². The van der Waals surface area contributed by atoms with E-state index in [0.29, 0.717) is 17.8 Å². The van der Waals surface area contributed by atoms with Crippen molar-refractivity contribution in [2.75, 3.05) is 5.32 Å². The molecule has 24 heavy (non-hydrogen) atoms. The third-order valence-corrected chi connectivity index (χ3v) is 4.02. The van der Waals surface area contributed by atoms with Crippen molar-refractivity contribution in [2.45, 2.75) is 32.9 Å². The maximum absolute atomic E-state index is 13.1. The van der Waals surface area contributed by atoms with Gasteiger partial charge >= 0.3 is 0 Å². The summed E-state index contributed by atoms with van der Waals surface area (Å²) in [5.41, 5.74) is 2.80. The molecule has 6 nitrogen and oxygen atoms in total. The molecule has 1 atom stereocenters. The zero-order valence-electron chi connectivity index (χ0n) is 13.2. The summed E-state index contributed by atoms with van der Waals surface area (Å²) >= 11 is 5.70. The van der Waals surface area contributed by atoms with E-state index in [1.54, 1.807) is 4.68 Å². The van der Waals surface area contributed by atoms with Crippen molar-refractivity contribution in [2.24, 2.45) is 5.16 Å². The Kier molecular flexibility index (Phi) is 4.53. The standard InChI is InChI=1S/C16H16ClFN4O2/c1-3-22-8-11(9(2)20-22)14-7-15(24-21-14)16(23)19-10-4-5-13(18)12(17)6-10/h4-6,8,15H,3,7H2,1-2H3,(H,19,23)/t15-/m1/s1. The van der Waals surface area contributed by atoms with Crippen LogP contribution in [0.3, 0.4) is 0 Å². The average molecular weight is 351 g/mol. The number of carbonyl (C=O) groups is 1. The molecule has 1 amide bonds. The Morgan fingerprint density at radius 1 is 1.54 bits per heavy atom. The lowest BCUT2D eigenvalue weighted by Crippen LogP contribution is -2.28. The lowest BCUT2D eigenvalue weighted by Gasteiger charge is -2.09. The van der Waals surface area contributed by atoms with Gasteiger partial charge in [-0.3, -0.25) is 9.48 Å². The number of nitrogens with one attached hydrogen (secondary N) is 1. The smallest absolute Gasteiger partial charge is 0.268 e. The minimum Gasteiger partial charge on any atom is -0.382 e. The lowest BCUT2D eigenvalue weighted by atomic mass is 10.1. The number of carbonyl (C=O) groups excluding carboxylic acids is 1. The van der Waals surface area contributed by atoms with Crippen LogP contribution in [0, 0.1) is 12.7 Å². The van der Waals surface area contributed by atoms with E-state index in [9.17, 15) is 9.18 Å². The molecular weight excluding hydrogens is 335 g/mol. The van der Waals surface area contributed by atoms with E-state index in [4.69, 9.17) is 16.4 Å². The molecule has 1 aromatic heterocycles. The fourth-order valence-corrected chi connectivity index (χ4v) is 2.62. The number of aromatic nitrogens is 2. The number of amides is 1.